The SMILES string of the molecule is C=C(c1ccc(C)cc1)C(C)(C)CC(C)=O. The fourth-order valence-corrected chi connectivity index (χ4v) is 1.87. The van der Waals surface area contributed by atoms with E-state index in [-0.39, 0.29) is 11.2 Å². The number of carbonyl (C=O) groups excluding carboxylic acids is 1. The molecule has 0 saturated heterocycles. The van der Waals surface area contributed by atoms with Crippen molar-refractivity contribution in [2.24, 2.45) is 5.41 Å². The number of allylic oxidation sites excluding steroid dienone is 1. The van der Waals surface area contributed by atoms with Crippen LogP contribution in [-0.4, -0.2) is 5.78 Å². The van der Waals surface area contributed by atoms with E-state index in [1.807, 2.05) is 0 Å². The number of carbonyl (C=O) groups is 1. The van der Waals surface area contributed by atoms with Gasteiger partial charge in [-0.25, -0.2) is 0 Å². The molecule has 86 valence electrons. The first-order valence-corrected chi connectivity index (χ1v) is 5.59. The molecule has 0 amide bonds. The zero-order valence-corrected chi connectivity index (χ0v) is 10.6. The van der Waals surface area contributed by atoms with E-state index in [9.17, 15) is 4.79 Å². The molecule has 0 bridgehead atoms. The Balaban J connectivity index is 2.93. The topological polar surface area (TPSA) is 17.1 Å². The first kappa shape index (κ1) is 12.7. The Bertz CT molecular complexity index is 396. The first-order chi connectivity index (χ1) is 7.33. The lowest BCUT2D eigenvalue weighted by atomic mass is 9.77. The predicted molar refractivity (Wildman–Crippen MR) is 69.3 cm³/mol. The molecule has 0 fully saturated rings. The highest BCUT2D eigenvalue weighted by Gasteiger charge is 2.24. The van der Waals surface area contributed by atoms with Crippen LogP contribution in [0.1, 0.15) is 38.3 Å². The summed E-state index contributed by atoms with van der Waals surface area (Å²) in [6.45, 7) is 12.0. The van der Waals surface area contributed by atoms with Crippen LogP contribution in [0.25, 0.3) is 5.57 Å². The van der Waals surface area contributed by atoms with Crippen molar-refractivity contribution in [3.05, 3.63) is 42.0 Å². The monoisotopic (exact) mass is 216 g/mol. The summed E-state index contributed by atoms with van der Waals surface area (Å²) in [6, 6.07) is 8.29. The summed E-state index contributed by atoms with van der Waals surface area (Å²) in [5.74, 6) is 0.207. The van der Waals surface area contributed by atoms with Gasteiger partial charge in [-0.1, -0.05) is 50.3 Å². The normalized spacial score (nSPS) is 11.2. The van der Waals surface area contributed by atoms with E-state index in [0.29, 0.717) is 6.42 Å². The van der Waals surface area contributed by atoms with Gasteiger partial charge in [0.25, 0.3) is 0 Å². The summed E-state index contributed by atoms with van der Waals surface area (Å²) in [4.78, 5) is 11.2. The minimum absolute atomic E-state index is 0.166. The molecule has 0 saturated carbocycles. The van der Waals surface area contributed by atoms with Crippen LogP contribution in [0.3, 0.4) is 0 Å². The maximum Gasteiger partial charge on any atom is 0.130 e. The Morgan fingerprint density at radius 1 is 1.25 bits per heavy atom. The van der Waals surface area contributed by atoms with Gasteiger partial charge >= 0.3 is 0 Å². The maximum atomic E-state index is 11.2. The standard InChI is InChI=1S/C15H20O/c1-11-6-8-14(9-7-11)13(3)15(4,5)10-12(2)16/h6-9H,3,10H2,1-2,4-5H3. The molecule has 1 heteroatoms. The van der Waals surface area contributed by atoms with E-state index >= 15 is 0 Å². The summed E-state index contributed by atoms with van der Waals surface area (Å²) in [6.07, 6.45) is 0.541. The van der Waals surface area contributed by atoms with Gasteiger partial charge in [-0.15, -0.1) is 0 Å². The van der Waals surface area contributed by atoms with Crippen LogP contribution in [0.2, 0.25) is 0 Å². The summed E-state index contributed by atoms with van der Waals surface area (Å²) in [7, 11) is 0. The number of Topliss-reactive ketones (excluding diaryl/α,β-unsaturated/α-hetero) is 1. The lowest BCUT2D eigenvalue weighted by Crippen LogP contribution is -2.17. The summed E-state index contributed by atoms with van der Waals surface area (Å²) in [5, 5.41) is 0. The molecule has 0 aromatic heterocycles. The second-order valence-electron chi connectivity index (χ2n) is 5.11. The second kappa shape index (κ2) is 4.65. The molecule has 1 aromatic carbocycles. The van der Waals surface area contributed by atoms with Crippen molar-refractivity contribution in [1.29, 1.82) is 0 Å². The van der Waals surface area contributed by atoms with Crippen molar-refractivity contribution in [3.8, 4) is 0 Å². The van der Waals surface area contributed by atoms with E-state index in [0.717, 1.165) is 11.1 Å². The van der Waals surface area contributed by atoms with E-state index in [4.69, 9.17) is 0 Å². The highest BCUT2D eigenvalue weighted by atomic mass is 16.1. The molecule has 0 aliphatic rings. The van der Waals surface area contributed by atoms with Gasteiger partial charge in [0.2, 0.25) is 0 Å². The molecule has 0 radical (unpaired) electrons. The van der Waals surface area contributed by atoms with Gasteiger partial charge in [0.15, 0.2) is 0 Å². The van der Waals surface area contributed by atoms with Gasteiger partial charge in [-0.05, 0) is 30.4 Å². The van der Waals surface area contributed by atoms with Crippen LogP contribution < -0.4 is 0 Å². The van der Waals surface area contributed by atoms with Gasteiger partial charge in [0, 0.05) is 6.42 Å². The summed E-state index contributed by atoms with van der Waals surface area (Å²) in [5.41, 5.74) is 3.22. The minimum atomic E-state index is -0.166. The lowest BCUT2D eigenvalue weighted by molar-refractivity contribution is -0.118. The third-order valence-electron chi connectivity index (χ3n) is 2.91. The zero-order chi connectivity index (χ0) is 12.3. The molecule has 1 nitrogen and oxygen atoms in total. The van der Waals surface area contributed by atoms with E-state index < -0.39 is 0 Å². The molecule has 0 unspecified atom stereocenters. The van der Waals surface area contributed by atoms with Gasteiger partial charge in [-0.3, -0.25) is 4.79 Å². The van der Waals surface area contributed by atoms with Crippen molar-refractivity contribution < 1.29 is 4.79 Å². The van der Waals surface area contributed by atoms with Crippen LogP contribution in [0.15, 0.2) is 30.8 Å². The van der Waals surface area contributed by atoms with Crippen LogP contribution in [-0.2, 0) is 4.79 Å². The quantitative estimate of drug-likeness (QED) is 0.743. The molecular formula is C15H20O. The number of rotatable bonds is 4. The van der Waals surface area contributed by atoms with Crippen molar-refractivity contribution in [1.82, 2.24) is 0 Å². The molecule has 0 N–H and O–H groups in total. The van der Waals surface area contributed by atoms with Crippen molar-refractivity contribution in [2.75, 3.05) is 0 Å². The highest BCUT2D eigenvalue weighted by Crippen LogP contribution is 2.36. The van der Waals surface area contributed by atoms with Gasteiger partial charge < -0.3 is 0 Å². The van der Waals surface area contributed by atoms with E-state index in [1.54, 1.807) is 6.92 Å². The van der Waals surface area contributed by atoms with Crippen LogP contribution in [0.4, 0.5) is 0 Å². The average Bonchev–Trinajstić information content (AvgIpc) is 2.16. The highest BCUT2D eigenvalue weighted by molar-refractivity contribution is 5.80. The summed E-state index contributed by atoms with van der Waals surface area (Å²) < 4.78 is 0. The number of benzene rings is 1. The van der Waals surface area contributed by atoms with Crippen molar-refractivity contribution in [2.45, 2.75) is 34.1 Å². The van der Waals surface area contributed by atoms with Crippen LogP contribution in [0.5, 0.6) is 0 Å². The van der Waals surface area contributed by atoms with Crippen molar-refractivity contribution >= 4 is 11.4 Å². The van der Waals surface area contributed by atoms with Gasteiger partial charge in [-0.2, -0.15) is 0 Å². The second-order valence-corrected chi connectivity index (χ2v) is 5.11. The largest absolute Gasteiger partial charge is 0.300 e. The van der Waals surface area contributed by atoms with Gasteiger partial charge in [0.1, 0.15) is 5.78 Å². The molecule has 0 aliphatic heterocycles. The molecule has 0 spiro atoms. The number of hydrogen-bond donors (Lipinski definition) is 0. The Morgan fingerprint density at radius 3 is 2.19 bits per heavy atom. The summed E-state index contributed by atoms with van der Waals surface area (Å²) >= 11 is 0. The number of aryl methyl sites for hydroxylation is 1. The number of hydrogen-bond acceptors (Lipinski definition) is 1. The Hall–Kier alpha value is -1.37. The fourth-order valence-electron chi connectivity index (χ4n) is 1.87. The minimum Gasteiger partial charge on any atom is -0.300 e. The molecule has 0 heterocycles. The Labute approximate surface area is 98.2 Å². The van der Waals surface area contributed by atoms with E-state index in [1.165, 1.54) is 5.56 Å². The van der Waals surface area contributed by atoms with Crippen LogP contribution in [0, 0.1) is 12.3 Å². The molecule has 1 rings (SSSR count). The molecule has 1 aromatic rings. The maximum absolute atomic E-state index is 11.2. The molecule has 16 heavy (non-hydrogen) atoms. The van der Waals surface area contributed by atoms with Gasteiger partial charge in [0.05, 0.1) is 0 Å². The first-order valence-electron chi connectivity index (χ1n) is 5.59. The Kier molecular flexibility index (Phi) is 3.69. The fraction of sp³-hybridized carbons (Fsp3) is 0.400. The number of ketones is 1. The Morgan fingerprint density at radius 2 is 1.75 bits per heavy atom. The lowest BCUT2D eigenvalue weighted by Gasteiger charge is -2.26. The van der Waals surface area contributed by atoms with E-state index in [2.05, 4.69) is 51.6 Å². The van der Waals surface area contributed by atoms with Crippen LogP contribution >= 0.6 is 0 Å². The third-order valence-corrected chi connectivity index (χ3v) is 2.91. The third kappa shape index (κ3) is 3.06. The predicted octanol–water partition coefficient (Wildman–Crippen LogP) is 4.01. The average molecular weight is 216 g/mol. The molecular weight excluding hydrogens is 196 g/mol. The smallest absolute Gasteiger partial charge is 0.130 e. The zero-order valence-electron chi connectivity index (χ0n) is 10.6. The molecule has 0 aliphatic carbocycles. The molecule has 0 atom stereocenters. The van der Waals surface area contributed by atoms with Crippen molar-refractivity contribution in [3.63, 3.8) is 0 Å².